The number of aromatic amines is 1. The number of methoxy groups -OCH3 is 1. The molecule has 172 valence electrons. The van der Waals surface area contributed by atoms with E-state index in [1.165, 1.54) is 0 Å². The third kappa shape index (κ3) is 4.18. The molecule has 0 radical (unpaired) electrons. The molecule has 1 aliphatic carbocycles. The van der Waals surface area contributed by atoms with Crippen molar-refractivity contribution < 1.29 is 14.3 Å². The lowest BCUT2D eigenvalue weighted by molar-refractivity contribution is -0.117. The number of nitrogens with one attached hydrogen (secondary N) is 3. The molecule has 1 aromatic carbocycles. The molecule has 8 nitrogen and oxygen atoms in total. The van der Waals surface area contributed by atoms with Gasteiger partial charge in [0.1, 0.15) is 5.75 Å². The molecule has 8 heteroatoms. The van der Waals surface area contributed by atoms with Gasteiger partial charge in [-0.05, 0) is 62.6 Å². The van der Waals surface area contributed by atoms with E-state index in [1.807, 2.05) is 30.1 Å². The van der Waals surface area contributed by atoms with E-state index in [9.17, 15) is 9.59 Å². The molecule has 0 bridgehead atoms. The summed E-state index contributed by atoms with van der Waals surface area (Å²) in [5, 5.41) is 7.14. The van der Waals surface area contributed by atoms with Crippen molar-refractivity contribution >= 4 is 28.5 Å². The Hall–Kier alpha value is -3.39. The zero-order valence-electron chi connectivity index (χ0n) is 19.0. The summed E-state index contributed by atoms with van der Waals surface area (Å²) in [7, 11) is 3.50. The molecule has 0 atom stereocenters. The number of H-pyrrole nitrogens is 1. The maximum Gasteiger partial charge on any atom is 0.253 e. The van der Waals surface area contributed by atoms with Crippen molar-refractivity contribution in [3.63, 3.8) is 0 Å². The third-order valence-corrected chi connectivity index (χ3v) is 6.44. The first-order valence-corrected chi connectivity index (χ1v) is 11.5. The standard InChI is InChI=1S/C25H29N5O3/c1-26-13-17-14-27-23(29-24(31)15-5-6-15)22-19(17)12-20(28-22)18-8-7-16(11-21(18)33-2)25(32)30-9-3-4-10-30/h7-8,11-12,14-15,26,28H,3-6,9-10,13H2,1-2H3,(H,27,29,31). The number of amides is 2. The van der Waals surface area contributed by atoms with Crippen LogP contribution in [0.3, 0.4) is 0 Å². The van der Waals surface area contributed by atoms with E-state index in [0.29, 0.717) is 23.7 Å². The van der Waals surface area contributed by atoms with Crippen molar-refractivity contribution in [3.8, 4) is 17.0 Å². The summed E-state index contributed by atoms with van der Waals surface area (Å²) in [6.07, 6.45) is 5.77. The normalized spacial score (nSPS) is 15.8. The van der Waals surface area contributed by atoms with Crippen LogP contribution in [0.5, 0.6) is 5.75 Å². The van der Waals surface area contributed by atoms with Gasteiger partial charge in [0.2, 0.25) is 5.91 Å². The van der Waals surface area contributed by atoms with E-state index in [2.05, 4.69) is 26.7 Å². The number of carbonyl (C=O) groups excluding carboxylic acids is 2. The SMILES string of the molecule is CNCc1cnc(NC(=O)C2CC2)c2[nH]c(-c3ccc(C(=O)N4CCCC4)cc3OC)cc12. The van der Waals surface area contributed by atoms with Crippen LogP contribution in [0, 0.1) is 5.92 Å². The highest BCUT2D eigenvalue weighted by molar-refractivity contribution is 6.03. The average molecular weight is 448 g/mol. The molecule has 2 aromatic heterocycles. The van der Waals surface area contributed by atoms with Crippen molar-refractivity contribution in [2.75, 3.05) is 32.6 Å². The fourth-order valence-corrected chi connectivity index (χ4v) is 4.46. The van der Waals surface area contributed by atoms with Gasteiger partial charge in [-0.15, -0.1) is 0 Å². The highest BCUT2D eigenvalue weighted by atomic mass is 16.5. The lowest BCUT2D eigenvalue weighted by atomic mass is 10.1. The number of likely N-dealkylation sites (tertiary alicyclic amines) is 1. The second kappa shape index (κ2) is 8.86. The summed E-state index contributed by atoms with van der Waals surface area (Å²) in [6, 6.07) is 7.63. The molecule has 2 fully saturated rings. The van der Waals surface area contributed by atoms with E-state index < -0.39 is 0 Å². The predicted octanol–water partition coefficient (Wildman–Crippen LogP) is 3.54. The monoisotopic (exact) mass is 447 g/mol. The third-order valence-electron chi connectivity index (χ3n) is 6.44. The van der Waals surface area contributed by atoms with Crippen LogP contribution in [-0.2, 0) is 11.3 Å². The van der Waals surface area contributed by atoms with Gasteiger partial charge in [-0.3, -0.25) is 9.59 Å². The molecule has 0 unspecified atom stereocenters. The van der Waals surface area contributed by atoms with E-state index in [4.69, 9.17) is 4.74 Å². The number of anilines is 1. The first kappa shape index (κ1) is 21.5. The molecule has 3 N–H and O–H groups in total. The Morgan fingerprint density at radius 3 is 2.70 bits per heavy atom. The lowest BCUT2D eigenvalue weighted by Gasteiger charge is -2.16. The Bertz CT molecular complexity index is 1210. The average Bonchev–Trinajstić information content (AvgIpc) is 3.35. The van der Waals surface area contributed by atoms with Crippen LogP contribution in [0.25, 0.3) is 22.2 Å². The van der Waals surface area contributed by atoms with Crippen LogP contribution in [0.4, 0.5) is 5.82 Å². The molecule has 3 heterocycles. The molecule has 3 aromatic rings. The summed E-state index contributed by atoms with van der Waals surface area (Å²) in [5.74, 6) is 1.31. The number of benzene rings is 1. The fourth-order valence-electron chi connectivity index (χ4n) is 4.46. The number of pyridine rings is 1. The number of nitrogens with zero attached hydrogens (tertiary/aromatic N) is 2. The second-order valence-electron chi connectivity index (χ2n) is 8.81. The van der Waals surface area contributed by atoms with Crippen LogP contribution in [-0.4, -0.2) is 53.9 Å². The number of hydrogen-bond donors (Lipinski definition) is 3. The molecule has 33 heavy (non-hydrogen) atoms. The Morgan fingerprint density at radius 2 is 2.00 bits per heavy atom. The van der Waals surface area contributed by atoms with E-state index >= 15 is 0 Å². The van der Waals surface area contributed by atoms with Crippen molar-refractivity contribution in [2.45, 2.75) is 32.2 Å². The number of hydrogen-bond acceptors (Lipinski definition) is 5. The minimum atomic E-state index is 0.0173. The molecule has 2 amide bonds. The lowest BCUT2D eigenvalue weighted by Crippen LogP contribution is -2.27. The van der Waals surface area contributed by atoms with Gasteiger partial charge in [0.15, 0.2) is 5.82 Å². The van der Waals surface area contributed by atoms with Crippen LogP contribution >= 0.6 is 0 Å². The van der Waals surface area contributed by atoms with Crippen LogP contribution in [0.1, 0.15) is 41.6 Å². The number of rotatable bonds is 7. The van der Waals surface area contributed by atoms with Crippen molar-refractivity contribution in [1.29, 1.82) is 0 Å². The van der Waals surface area contributed by atoms with Crippen LogP contribution < -0.4 is 15.4 Å². The van der Waals surface area contributed by atoms with Crippen LogP contribution in [0.2, 0.25) is 0 Å². The molecule has 2 aliphatic rings. The van der Waals surface area contributed by atoms with E-state index in [0.717, 1.165) is 66.5 Å². The Morgan fingerprint density at radius 1 is 1.21 bits per heavy atom. The van der Waals surface area contributed by atoms with E-state index in [-0.39, 0.29) is 17.7 Å². The predicted molar refractivity (Wildman–Crippen MR) is 127 cm³/mol. The van der Waals surface area contributed by atoms with Crippen molar-refractivity contribution in [2.24, 2.45) is 5.92 Å². The minimum Gasteiger partial charge on any atom is -0.496 e. The topological polar surface area (TPSA) is 99.3 Å². The number of aromatic nitrogens is 2. The van der Waals surface area contributed by atoms with Gasteiger partial charge in [-0.25, -0.2) is 4.98 Å². The van der Waals surface area contributed by atoms with Crippen molar-refractivity contribution in [1.82, 2.24) is 20.2 Å². The van der Waals surface area contributed by atoms with Crippen molar-refractivity contribution in [3.05, 3.63) is 41.6 Å². The highest BCUT2D eigenvalue weighted by Crippen LogP contribution is 2.36. The maximum atomic E-state index is 12.8. The van der Waals surface area contributed by atoms with Gasteiger partial charge >= 0.3 is 0 Å². The molecular weight excluding hydrogens is 418 g/mol. The Kier molecular flexibility index (Phi) is 5.76. The molecule has 1 saturated heterocycles. The second-order valence-corrected chi connectivity index (χ2v) is 8.81. The van der Waals surface area contributed by atoms with Gasteiger partial charge in [-0.2, -0.15) is 0 Å². The molecule has 1 saturated carbocycles. The van der Waals surface area contributed by atoms with Crippen LogP contribution in [0.15, 0.2) is 30.5 Å². The molecular formula is C25H29N5O3. The van der Waals surface area contributed by atoms with Gasteiger partial charge < -0.3 is 25.3 Å². The summed E-state index contributed by atoms with van der Waals surface area (Å²) < 4.78 is 5.67. The molecule has 1 aliphatic heterocycles. The number of ether oxygens (including phenoxy) is 1. The van der Waals surface area contributed by atoms with Gasteiger partial charge in [0.05, 0.1) is 18.3 Å². The summed E-state index contributed by atoms with van der Waals surface area (Å²) >= 11 is 0. The maximum absolute atomic E-state index is 12.8. The molecule has 0 spiro atoms. The first-order valence-electron chi connectivity index (χ1n) is 11.5. The molecule has 5 rings (SSSR count). The number of fused-ring (bicyclic) bond motifs is 1. The summed E-state index contributed by atoms with van der Waals surface area (Å²) in [6.45, 7) is 2.26. The quantitative estimate of drug-likeness (QED) is 0.515. The highest BCUT2D eigenvalue weighted by Gasteiger charge is 2.30. The summed E-state index contributed by atoms with van der Waals surface area (Å²) in [5.41, 5.74) is 4.13. The van der Waals surface area contributed by atoms with Gasteiger partial charge in [-0.1, -0.05) is 0 Å². The fraction of sp³-hybridized carbons (Fsp3) is 0.400. The zero-order chi connectivity index (χ0) is 22.9. The summed E-state index contributed by atoms with van der Waals surface area (Å²) in [4.78, 5) is 35.1. The zero-order valence-corrected chi connectivity index (χ0v) is 19.0. The van der Waals surface area contributed by atoms with Gasteiger partial charge in [0.25, 0.3) is 5.91 Å². The minimum absolute atomic E-state index is 0.0173. The first-order chi connectivity index (χ1) is 16.1. The van der Waals surface area contributed by atoms with E-state index in [1.54, 1.807) is 13.3 Å². The largest absolute Gasteiger partial charge is 0.496 e. The number of carbonyl (C=O) groups is 2. The Balaban J connectivity index is 1.53. The smallest absolute Gasteiger partial charge is 0.253 e. The Labute approximate surface area is 192 Å². The van der Waals surface area contributed by atoms with Gasteiger partial charge in [0, 0.05) is 48.3 Å².